The van der Waals surface area contributed by atoms with Gasteiger partial charge in [0.05, 0.1) is 12.6 Å². The molecule has 3 unspecified atom stereocenters. The molecule has 5 nitrogen and oxygen atoms in total. The number of nitrogens with one attached hydrogen (secondary N) is 1. The lowest BCUT2D eigenvalue weighted by Crippen LogP contribution is -2.55. The van der Waals surface area contributed by atoms with E-state index >= 15 is 0 Å². The van der Waals surface area contributed by atoms with Crippen LogP contribution in [0.5, 0.6) is 0 Å². The van der Waals surface area contributed by atoms with Crippen LogP contribution in [0, 0.1) is 11.7 Å². The summed E-state index contributed by atoms with van der Waals surface area (Å²) >= 11 is 0. The van der Waals surface area contributed by atoms with Gasteiger partial charge in [-0.3, -0.25) is 9.59 Å². The molecule has 2 heterocycles. The van der Waals surface area contributed by atoms with Crippen LogP contribution in [0.4, 0.5) is 4.39 Å². The normalized spacial score (nSPS) is 27.9. The fourth-order valence-corrected chi connectivity index (χ4v) is 4.65. The topological polar surface area (TPSA) is 52.7 Å². The Morgan fingerprint density at radius 2 is 2.04 bits per heavy atom. The largest absolute Gasteiger partial charge is 0.335 e. The molecule has 148 valence electrons. The van der Waals surface area contributed by atoms with Gasteiger partial charge in [0.15, 0.2) is 0 Å². The Labute approximate surface area is 165 Å². The van der Waals surface area contributed by atoms with Crippen LogP contribution < -0.4 is 5.32 Å². The van der Waals surface area contributed by atoms with Crippen molar-refractivity contribution in [2.24, 2.45) is 5.92 Å². The quantitative estimate of drug-likeness (QED) is 0.854. The van der Waals surface area contributed by atoms with Gasteiger partial charge < -0.3 is 15.1 Å². The predicted molar refractivity (Wildman–Crippen MR) is 103 cm³/mol. The maximum atomic E-state index is 13.3. The molecule has 1 saturated carbocycles. The highest BCUT2D eigenvalue weighted by Crippen LogP contribution is 2.33. The van der Waals surface area contributed by atoms with E-state index in [1.54, 1.807) is 15.9 Å². The highest BCUT2D eigenvalue weighted by molar-refractivity contribution is 5.88. The minimum absolute atomic E-state index is 0. The summed E-state index contributed by atoms with van der Waals surface area (Å²) in [4.78, 5) is 28.7. The number of hydrogen-bond donors (Lipinski definition) is 1. The number of benzene rings is 1. The van der Waals surface area contributed by atoms with Crippen molar-refractivity contribution < 1.29 is 14.0 Å². The lowest BCUT2D eigenvalue weighted by atomic mass is 9.85. The number of nitrogens with zero attached hydrogens (tertiary/aromatic N) is 2. The molecule has 27 heavy (non-hydrogen) atoms. The summed E-state index contributed by atoms with van der Waals surface area (Å²) in [5.74, 6) is 0.322. The Bertz CT molecular complexity index is 688. The first-order valence-corrected chi connectivity index (χ1v) is 9.67. The number of amides is 2. The number of halogens is 2. The van der Waals surface area contributed by atoms with E-state index in [1.165, 1.54) is 31.4 Å². The first-order chi connectivity index (χ1) is 12.6. The molecule has 0 spiro atoms. The van der Waals surface area contributed by atoms with Crippen molar-refractivity contribution >= 4 is 24.2 Å². The van der Waals surface area contributed by atoms with Gasteiger partial charge in [0, 0.05) is 25.7 Å². The molecule has 0 bridgehead atoms. The molecule has 1 aromatic carbocycles. The van der Waals surface area contributed by atoms with Crippen LogP contribution in [-0.4, -0.2) is 53.3 Å². The Balaban J connectivity index is 0.00000210. The molecule has 0 aromatic heterocycles. The second-order valence-electron chi connectivity index (χ2n) is 7.81. The summed E-state index contributed by atoms with van der Waals surface area (Å²) in [5, 5.41) is 3.50. The highest BCUT2D eigenvalue weighted by Gasteiger charge is 2.40. The van der Waals surface area contributed by atoms with Crippen LogP contribution >= 0.6 is 12.4 Å². The number of carbonyl (C=O) groups is 2. The molecule has 3 atom stereocenters. The molecule has 2 amide bonds. The van der Waals surface area contributed by atoms with Gasteiger partial charge in [0.1, 0.15) is 5.82 Å². The van der Waals surface area contributed by atoms with Gasteiger partial charge in [0.2, 0.25) is 11.8 Å². The van der Waals surface area contributed by atoms with Crippen LogP contribution in [0.25, 0.3) is 0 Å². The van der Waals surface area contributed by atoms with E-state index in [1.807, 2.05) is 6.07 Å². The van der Waals surface area contributed by atoms with E-state index in [4.69, 9.17) is 0 Å². The van der Waals surface area contributed by atoms with Crippen molar-refractivity contribution in [2.75, 3.05) is 19.6 Å². The van der Waals surface area contributed by atoms with Crippen molar-refractivity contribution in [2.45, 2.75) is 50.7 Å². The van der Waals surface area contributed by atoms with Gasteiger partial charge in [0.25, 0.3) is 0 Å². The number of carbonyl (C=O) groups excluding carboxylic acids is 2. The molecule has 0 radical (unpaired) electrons. The molecule has 3 fully saturated rings. The maximum absolute atomic E-state index is 13.3. The zero-order valence-corrected chi connectivity index (χ0v) is 16.2. The zero-order chi connectivity index (χ0) is 18.1. The van der Waals surface area contributed by atoms with Crippen molar-refractivity contribution in [3.05, 3.63) is 35.6 Å². The first kappa shape index (κ1) is 20.1. The smallest absolute Gasteiger partial charge is 0.242 e. The molecule has 2 aliphatic heterocycles. The minimum Gasteiger partial charge on any atom is -0.335 e. The average Bonchev–Trinajstić information content (AvgIpc) is 3.07. The predicted octanol–water partition coefficient (Wildman–Crippen LogP) is 2.34. The molecule has 3 aliphatic rings. The van der Waals surface area contributed by atoms with E-state index in [2.05, 4.69) is 5.32 Å². The molecule has 1 aliphatic carbocycles. The van der Waals surface area contributed by atoms with E-state index in [0.29, 0.717) is 31.6 Å². The molecular weight excluding hydrogens is 369 g/mol. The van der Waals surface area contributed by atoms with Crippen LogP contribution in [0.3, 0.4) is 0 Å². The fourth-order valence-electron chi connectivity index (χ4n) is 4.65. The van der Waals surface area contributed by atoms with Gasteiger partial charge in [-0.1, -0.05) is 25.0 Å². The molecule has 2 saturated heterocycles. The van der Waals surface area contributed by atoms with Gasteiger partial charge in [-0.05, 0) is 42.9 Å². The standard InChI is InChI=1S/C20H26FN3O2.ClH/c21-16-6-3-4-14(10-16)12-23-8-9-24(13-19(23)25)20(26)18-11-15-5-1-2-7-17(15)22-18;/h3-4,6,10,15,17-18,22H,1-2,5,7-9,11-13H2;1H. The molecule has 7 heteroatoms. The van der Waals surface area contributed by atoms with Gasteiger partial charge >= 0.3 is 0 Å². The van der Waals surface area contributed by atoms with Gasteiger partial charge in [-0.25, -0.2) is 4.39 Å². The number of fused-ring (bicyclic) bond motifs is 1. The second-order valence-corrected chi connectivity index (χ2v) is 7.81. The third kappa shape index (κ3) is 4.43. The summed E-state index contributed by atoms with van der Waals surface area (Å²) in [6.07, 6.45) is 5.78. The summed E-state index contributed by atoms with van der Waals surface area (Å²) in [6.45, 7) is 1.57. The number of hydrogen-bond acceptors (Lipinski definition) is 3. The Morgan fingerprint density at radius 1 is 1.22 bits per heavy atom. The van der Waals surface area contributed by atoms with E-state index in [0.717, 1.165) is 18.4 Å². The SMILES string of the molecule is Cl.O=C1CN(C(=O)C2CC3CCCCC3N2)CCN1Cc1cccc(F)c1. The Morgan fingerprint density at radius 3 is 2.78 bits per heavy atom. The molecule has 1 N–H and O–H groups in total. The third-order valence-corrected chi connectivity index (χ3v) is 6.05. The van der Waals surface area contributed by atoms with Crippen molar-refractivity contribution in [1.29, 1.82) is 0 Å². The van der Waals surface area contributed by atoms with Crippen LogP contribution in [0.15, 0.2) is 24.3 Å². The molecule has 4 rings (SSSR count). The summed E-state index contributed by atoms with van der Waals surface area (Å²) in [6, 6.07) is 6.66. The van der Waals surface area contributed by atoms with Crippen molar-refractivity contribution in [1.82, 2.24) is 15.1 Å². The van der Waals surface area contributed by atoms with Gasteiger partial charge in [-0.2, -0.15) is 0 Å². The van der Waals surface area contributed by atoms with Crippen molar-refractivity contribution in [3.63, 3.8) is 0 Å². The first-order valence-electron chi connectivity index (χ1n) is 9.67. The lowest BCUT2D eigenvalue weighted by molar-refractivity contribution is -0.146. The molecular formula is C20H27ClFN3O2. The van der Waals surface area contributed by atoms with Gasteiger partial charge in [-0.15, -0.1) is 12.4 Å². The van der Waals surface area contributed by atoms with E-state index < -0.39 is 0 Å². The monoisotopic (exact) mass is 395 g/mol. The second kappa shape index (κ2) is 8.57. The third-order valence-electron chi connectivity index (χ3n) is 6.05. The summed E-state index contributed by atoms with van der Waals surface area (Å²) in [7, 11) is 0. The highest BCUT2D eigenvalue weighted by atomic mass is 35.5. The van der Waals surface area contributed by atoms with Crippen molar-refractivity contribution in [3.8, 4) is 0 Å². The summed E-state index contributed by atoms with van der Waals surface area (Å²) in [5.41, 5.74) is 0.777. The maximum Gasteiger partial charge on any atom is 0.242 e. The van der Waals surface area contributed by atoms with Crippen LogP contribution in [-0.2, 0) is 16.1 Å². The van der Waals surface area contributed by atoms with Crippen LogP contribution in [0.2, 0.25) is 0 Å². The number of piperazine rings is 1. The average molecular weight is 396 g/mol. The Hall–Kier alpha value is -1.66. The lowest BCUT2D eigenvalue weighted by Gasteiger charge is -2.35. The van der Waals surface area contributed by atoms with E-state index in [9.17, 15) is 14.0 Å². The zero-order valence-electron chi connectivity index (χ0n) is 15.4. The Kier molecular flexibility index (Phi) is 6.37. The van der Waals surface area contributed by atoms with Crippen LogP contribution in [0.1, 0.15) is 37.7 Å². The number of rotatable bonds is 3. The molecule has 1 aromatic rings. The minimum atomic E-state index is -0.294. The summed E-state index contributed by atoms with van der Waals surface area (Å²) < 4.78 is 13.3. The fraction of sp³-hybridized carbons (Fsp3) is 0.600. The van der Waals surface area contributed by atoms with E-state index in [-0.39, 0.29) is 42.6 Å².